The van der Waals surface area contributed by atoms with Gasteiger partial charge in [0.25, 0.3) is 0 Å². The number of alkyl halides is 3. The van der Waals surface area contributed by atoms with Crippen LogP contribution in [0.4, 0.5) is 13.2 Å². The van der Waals surface area contributed by atoms with Crippen molar-refractivity contribution in [3.63, 3.8) is 0 Å². The molecule has 1 aliphatic heterocycles. The predicted molar refractivity (Wildman–Crippen MR) is 70.0 cm³/mol. The fraction of sp³-hybridized carbons (Fsp3) is 0.692. The molecule has 1 aliphatic rings. The van der Waals surface area contributed by atoms with Gasteiger partial charge in [0, 0.05) is 13.0 Å². The van der Waals surface area contributed by atoms with Gasteiger partial charge in [-0.15, -0.1) is 0 Å². The lowest BCUT2D eigenvalue weighted by Gasteiger charge is -2.34. The molecule has 9 heteroatoms. The third-order valence-electron chi connectivity index (χ3n) is 3.27. The van der Waals surface area contributed by atoms with Crippen LogP contribution in [-0.4, -0.2) is 54.3 Å². The predicted octanol–water partition coefficient (Wildman–Crippen LogP) is 1.12. The van der Waals surface area contributed by atoms with Crippen molar-refractivity contribution in [3.05, 3.63) is 17.8 Å². The molecule has 1 unspecified atom stereocenters. The number of halogens is 3. The first-order valence-corrected chi connectivity index (χ1v) is 6.99. The van der Waals surface area contributed by atoms with Gasteiger partial charge >= 0.3 is 6.18 Å². The standard InChI is InChI=1S/C13H18F3N3O3/c1-2-11-17-5-9(22-11)6-18-12(20)10-7-21-4-3-19(10)8-13(14,15)16/h5,10H,2-4,6-8H2,1H3,(H,18,20). The topological polar surface area (TPSA) is 67.6 Å². The van der Waals surface area contributed by atoms with E-state index in [2.05, 4.69) is 10.3 Å². The highest BCUT2D eigenvalue weighted by Crippen LogP contribution is 2.19. The Morgan fingerprint density at radius 2 is 2.32 bits per heavy atom. The van der Waals surface area contributed by atoms with E-state index in [4.69, 9.17) is 9.15 Å². The molecule has 6 nitrogen and oxygen atoms in total. The average molecular weight is 321 g/mol. The molecule has 0 spiro atoms. The zero-order valence-corrected chi connectivity index (χ0v) is 12.2. The molecule has 0 saturated carbocycles. The Hall–Kier alpha value is -1.61. The summed E-state index contributed by atoms with van der Waals surface area (Å²) < 4.78 is 48.0. The summed E-state index contributed by atoms with van der Waals surface area (Å²) >= 11 is 0. The van der Waals surface area contributed by atoms with E-state index in [1.165, 1.54) is 6.20 Å². The molecule has 1 N–H and O–H groups in total. The maximum absolute atomic E-state index is 12.5. The number of carbonyl (C=O) groups is 1. The van der Waals surface area contributed by atoms with E-state index in [9.17, 15) is 18.0 Å². The Bertz CT molecular complexity index is 504. The highest BCUT2D eigenvalue weighted by Gasteiger charge is 2.38. The summed E-state index contributed by atoms with van der Waals surface area (Å²) in [5.74, 6) is 0.492. The number of carbonyl (C=O) groups excluding carboxylic acids is 1. The molecule has 1 aromatic rings. The van der Waals surface area contributed by atoms with Gasteiger partial charge in [0.05, 0.1) is 32.5 Å². The molecule has 0 aromatic carbocycles. The van der Waals surface area contributed by atoms with E-state index in [0.29, 0.717) is 18.1 Å². The third-order valence-corrected chi connectivity index (χ3v) is 3.27. The highest BCUT2D eigenvalue weighted by atomic mass is 19.4. The maximum atomic E-state index is 12.5. The van der Waals surface area contributed by atoms with Gasteiger partial charge in [0.15, 0.2) is 5.89 Å². The second-order valence-electron chi connectivity index (χ2n) is 4.97. The number of hydrogen-bond acceptors (Lipinski definition) is 5. The van der Waals surface area contributed by atoms with Gasteiger partial charge < -0.3 is 14.5 Å². The Kier molecular flexibility index (Phi) is 5.41. The fourth-order valence-electron chi connectivity index (χ4n) is 2.18. The molecule has 22 heavy (non-hydrogen) atoms. The molecule has 124 valence electrons. The largest absolute Gasteiger partial charge is 0.444 e. The van der Waals surface area contributed by atoms with Crippen molar-refractivity contribution in [1.82, 2.24) is 15.2 Å². The Morgan fingerprint density at radius 3 is 2.95 bits per heavy atom. The number of amides is 1. The van der Waals surface area contributed by atoms with E-state index < -0.39 is 24.7 Å². The zero-order valence-electron chi connectivity index (χ0n) is 12.2. The minimum absolute atomic E-state index is 0.0570. The first kappa shape index (κ1) is 16.8. The number of oxazole rings is 1. The molecule has 0 bridgehead atoms. The Morgan fingerprint density at radius 1 is 1.55 bits per heavy atom. The number of nitrogens with zero attached hydrogens (tertiary/aromatic N) is 2. The van der Waals surface area contributed by atoms with E-state index >= 15 is 0 Å². The van der Waals surface area contributed by atoms with Crippen LogP contribution in [0.3, 0.4) is 0 Å². The number of rotatable bonds is 5. The van der Waals surface area contributed by atoms with Crippen LogP contribution in [0.1, 0.15) is 18.6 Å². The summed E-state index contributed by atoms with van der Waals surface area (Å²) in [5, 5.41) is 2.56. The summed E-state index contributed by atoms with van der Waals surface area (Å²) in [4.78, 5) is 17.1. The summed E-state index contributed by atoms with van der Waals surface area (Å²) in [6, 6.07) is -0.955. The van der Waals surface area contributed by atoms with Gasteiger partial charge in [-0.1, -0.05) is 6.92 Å². The van der Waals surface area contributed by atoms with E-state index in [0.717, 1.165) is 4.90 Å². The molecule has 1 fully saturated rings. The average Bonchev–Trinajstić information content (AvgIpc) is 2.91. The Labute approximate surface area is 125 Å². The molecule has 2 rings (SSSR count). The molecule has 0 aliphatic carbocycles. The van der Waals surface area contributed by atoms with Gasteiger partial charge in [-0.2, -0.15) is 13.2 Å². The van der Waals surface area contributed by atoms with E-state index in [1.54, 1.807) is 0 Å². The normalized spacial score (nSPS) is 20.1. The second-order valence-corrected chi connectivity index (χ2v) is 4.97. The summed E-state index contributed by atoms with van der Waals surface area (Å²) in [7, 11) is 0. The number of nitrogens with one attached hydrogen (secondary N) is 1. The van der Waals surface area contributed by atoms with Crippen molar-refractivity contribution >= 4 is 5.91 Å². The SMILES string of the molecule is CCc1ncc(CNC(=O)C2COCCN2CC(F)(F)F)o1. The molecule has 1 amide bonds. The van der Waals surface area contributed by atoms with Crippen LogP contribution in [-0.2, 0) is 22.5 Å². The molecule has 1 saturated heterocycles. The van der Waals surface area contributed by atoms with Crippen LogP contribution in [0.15, 0.2) is 10.6 Å². The van der Waals surface area contributed by atoms with Gasteiger partial charge in [-0.25, -0.2) is 4.98 Å². The summed E-state index contributed by atoms with van der Waals surface area (Å²) in [6.45, 7) is 1.03. The highest BCUT2D eigenvalue weighted by molar-refractivity contribution is 5.81. The second kappa shape index (κ2) is 7.10. The number of morpholine rings is 1. The van der Waals surface area contributed by atoms with Crippen molar-refractivity contribution in [1.29, 1.82) is 0 Å². The van der Waals surface area contributed by atoms with Gasteiger partial charge in [-0.3, -0.25) is 9.69 Å². The third kappa shape index (κ3) is 4.70. The van der Waals surface area contributed by atoms with Gasteiger partial charge in [0.1, 0.15) is 11.8 Å². The number of hydrogen-bond donors (Lipinski definition) is 1. The van der Waals surface area contributed by atoms with Crippen LogP contribution in [0.2, 0.25) is 0 Å². The van der Waals surface area contributed by atoms with Crippen molar-refractivity contribution in [2.45, 2.75) is 32.1 Å². The molecule has 1 atom stereocenters. The fourth-order valence-corrected chi connectivity index (χ4v) is 2.18. The molecular formula is C13H18F3N3O3. The van der Waals surface area contributed by atoms with Gasteiger partial charge in [0.2, 0.25) is 5.91 Å². The maximum Gasteiger partial charge on any atom is 0.401 e. The van der Waals surface area contributed by atoms with Crippen molar-refractivity contribution in [2.75, 3.05) is 26.3 Å². The van der Waals surface area contributed by atoms with Gasteiger partial charge in [-0.05, 0) is 0 Å². The lowest BCUT2D eigenvalue weighted by atomic mass is 10.2. The van der Waals surface area contributed by atoms with Crippen LogP contribution < -0.4 is 5.32 Å². The van der Waals surface area contributed by atoms with Crippen LogP contribution in [0.5, 0.6) is 0 Å². The van der Waals surface area contributed by atoms with Crippen molar-refractivity contribution in [3.8, 4) is 0 Å². The van der Waals surface area contributed by atoms with E-state index in [-0.39, 0.29) is 26.3 Å². The zero-order chi connectivity index (χ0) is 16.2. The van der Waals surface area contributed by atoms with Crippen LogP contribution in [0.25, 0.3) is 0 Å². The first-order chi connectivity index (χ1) is 10.4. The minimum atomic E-state index is -4.35. The summed E-state index contributed by atoms with van der Waals surface area (Å²) in [6.07, 6.45) is -2.23. The first-order valence-electron chi connectivity index (χ1n) is 6.99. The lowest BCUT2D eigenvalue weighted by Crippen LogP contribution is -2.55. The number of aromatic nitrogens is 1. The lowest BCUT2D eigenvalue weighted by molar-refractivity contribution is -0.166. The molecular weight excluding hydrogens is 303 g/mol. The molecule has 0 radical (unpaired) electrons. The van der Waals surface area contributed by atoms with Crippen molar-refractivity contribution in [2.24, 2.45) is 0 Å². The quantitative estimate of drug-likeness (QED) is 0.880. The van der Waals surface area contributed by atoms with E-state index in [1.807, 2.05) is 6.92 Å². The molecule has 1 aromatic heterocycles. The molecule has 2 heterocycles. The smallest absolute Gasteiger partial charge is 0.401 e. The number of aryl methyl sites for hydroxylation is 1. The van der Waals surface area contributed by atoms with Crippen LogP contribution >= 0.6 is 0 Å². The van der Waals surface area contributed by atoms with Crippen molar-refractivity contribution < 1.29 is 27.1 Å². The summed E-state index contributed by atoms with van der Waals surface area (Å²) in [5.41, 5.74) is 0. The monoisotopic (exact) mass is 321 g/mol. The number of ether oxygens (including phenoxy) is 1. The minimum Gasteiger partial charge on any atom is -0.444 e. The van der Waals surface area contributed by atoms with Crippen LogP contribution in [0, 0.1) is 0 Å². The Balaban J connectivity index is 1.91.